The first-order valence-electron chi connectivity index (χ1n) is 3.94. The molecule has 0 fully saturated rings. The molecule has 0 unspecified atom stereocenters. The van der Waals surface area contributed by atoms with Crippen LogP contribution in [0.15, 0.2) is 28.9 Å². The topological polar surface area (TPSA) is 82.0 Å². The van der Waals surface area contributed by atoms with Crippen molar-refractivity contribution in [3.8, 4) is 11.3 Å². The summed E-state index contributed by atoms with van der Waals surface area (Å²) < 4.78 is 4.92. The monoisotopic (exact) mass is 189 g/mol. The van der Waals surface area contributed by atoms with E-state index >= 15 is 0 Å². The van der Waals surface area contributed by atoms with Crippen molar-refractivity contribution < 1.29 is 9.32 Å². The number of nitrogens with zero attached hydrogens (tertiary/aromatic N) is 2. The molecular formula is C9H7N3O2. The maximum Gasteiger partial charge on any atom is 0.171 e. The van der Waals surface area contributed by atoms with E-state index in [0.717, 1.165) is 0 Å². The molecule has 2 rings (SSSR count). The van der Waals surface area contributed by atoms with Crippen LogP contribution < -0.4 is 5.73 Å². The van der Waals surface area contributed by atoms with Gasteiger partial charge in [-0.25, -0.2) is 4.98 Å². The minimum absolute atomic E-state index is 0.239. The van der Waals surface area contributed by atoms with Gasteiger partial charge in [0, 0.05) is 12.3 Å². The molecule has 70 valence electrons. The molecule has 5 nitrogen and oxygen atoms in total. The summed E-state index contributed by atoms with van der Waals surface area (Å²) in [5.74, 6) is 0.791. The highest BCUT2D eigenvalue weighted by Crippen LogP contribution is 2.23. The van der Waals surface area contributed by atoms with Crippen LogP contribution in [0, 0.1) is 0 Å². The molecule has 14 heavy (non-hydrogen) atoms. The number of hydrogen-bond donors (Lipinski definition) is 1. The summed E-state index contributed by atoms with van der Waals surface area (Å²) in [7, 11) is 0. The first-order chi connectivity index (χ1) is 6.81. The predicted octanol–water partition coefficient (Wildman–Crippen LogP) is 1.13. The quantitative estimate of drug-likeness (QED) is 0.716. The van der Waals surface area contributed by atoms with Crippen LogP contribution in [0.3, 0.4) is 0 Å². The molecule has 0 radical (unpaired) electrons. The lowest BCUT2D eigenvalue weighted by atomic mass is 10.2. The molecule has 0 spiro atoms. The zero-order valence-electron chi connectivity index (χ0n) is 7.18. The van der Waals surface area contributed by atoms with Crippen molar-refractivity contribution in [3.05, 3.63) is 30.1 Å². The van der Waals surface area contributed by atoms with Crippen molar-refractivity contribution in [2.75, 3.05) is 5.73 Å². The van der Waals surface area contributed by atoms with Crippen LogP contribution in [-0.4, -0.2) is 16.4 Å². The summed E-state index contributed by atoms with van der Waals surface area (Å²) in [6, 6.07) is 4.99. The molecule has 2 aromatic heterocycles. The smallest absolute Gasteiger partial charge is 0.171 e. The molecule has 0 saturated heterocycles. The van der Waals surface area contributed by atoms with E-state index in [4.69, 9.17) is 10.3 Å². The van der Waals surface area contributed by atoms with Crippen molar-refractivity contribution in [2.24, 2.45) is 0 Å². The molecule has 0 amide bonds. The second kappa shape index (κ2) is 3.29. The summed E-state index contributed by atoms with van der Waals surface area (Å²) in [6.45, 7) is 0. The first-order valence-corrected chi connectivity index (χ1v) is 3.94. The lowest BCUT2D eigenvalue weighted by Gasteiger charge is -1.97. The second-order valence-corrected chi connectivity index (χ2v) is 2.67. The van der Waals surface area contributed by atoms with Gasteiger partial charge in [-0.05, 0) is 12.1 Å². The number of hydrogen-bond acceptors (Lipinski definition) is 5. The van der Waals surface area contributed by atoms with Gasteiger partial charge in [-0.2, -0.15) is 0 Å². The van der Waals surface area contributed by atoms with Gasteiger partial charge in [-0.3, -0.25) is 4.79 Å². The van der Waals surface area contributed by atoms with Crippen LogP contribution >= 0.6 is 0 Å². The summed E-state index contributed by atoms with van der Waals surface area (Å²) in [4.78, 5) is 14.3. The number of carbonyl (C=O) groups is 1. The zero-order chi connectivity index (χ0) is 9.97. The number of nitrogen functional groups attached to an aromatic ring is 1. The van der Waals surface area contributed by atoms with Crippen LogP contribution in [-0.2, 0) is 0 Å². The minimum Gasteiger partial charge on any atom is -0.383 e. The van der Waals surface area contributed by atoms with Gasteiger partial charge in [0.05, 0.1) is 5.56 Å². The van der Waals surface area contributed by atoms with Crippen LogP contribution in [0.25, 0.3) is 11.3 Å². The molecule has 0 atom stereocenters. The fourth-order valence-electron chi connectivity index (χ4n) is 1.10. The van der Waals surface area contributed by atoms with Crippen LogP contribution in [0.5, 0.6) is 0 Å². The molecule has 0 saturated carbocycles. The standard InChI is InChI=1S/C9H7N3O2/c10-9-7(2-1-3-11-9)8-4-6(5-13)12-14-8/h1-5H,(H2,10,11). The van der Waals surface area contributed by atoms with Crippen molar-refractivity contribution in [1.29, 1.82) is 0 Å². The average Bonchev–Trinajstić information content (AvgIpc) is 2.67. The number of carbonyl (C=O) groups excluding carboxylic acids is 1. The molecule has 0 aliphatic carbocycles. The lowest BCUT2D eigenvalue weighted by Crippen LogP contribution is -1.91. The van der Waals surface area contributed by atoms with Crippen LogP contribution in [0.4, 0.5) is 5.82 Å². The normalized spacial score (nSPS) is 10.0. The molecule has 0 aliphatic heterocycles. The Balaban J connectivity index is 2.49. The Morgan fingerprint density at radius 3 is 3.00 bits per heavy atom. The Morgan fingerprint density at radius 2 is 2.36 bits per heavy atom. The van der Waals surface area contributed by atoms with Crippen molar-refractivity contribution in [2.45, 2.75) is 0 Å². The zero-order valence-corrected chi connectivity index (χ0v) is 7.18. The number of aromatic nitrogens is 2. The highest BCUT2D eigenvalue weighted by molar-refractivity contribution is 5.76. The maximum absolute atomic E-state index is 10.4. The molecule has 2 heterocycles. The van der Waals surface area contributed by atoms with Crippen LogP contribution in [0.1, 0.15) is 10.5 Å². The maximum atomic E-state index is 10.4. The highest BCUT2D eigenvalue weighted by atomic mass is 16.5. The number of rotatable bonds is 2. The SMILES string of the molecule is Nc1ncccc1-c1cc(C=O)no1. The molecule has 2 aromatic rings. The lowest BCUT2D eigenvalue weighted by molar-refractivity contribution is 0.111. The molecule has 2 N–H and O–H groups in total. The Labute approximate surface area is 79.5 Å². The molecular weight excluding hydrogens is 182 g/mol. The van der Waals surface area contributed by atoms with E-state index < -0.39 is 0 Å². The second-order valence-electron chi connectivity index (χ2n) is 2.67. The summed E-state index contributed by atoms with van der Waals surface area (Å²) >= 11 is 0. The van der Waals surface area contributed by atoms with Gasteiger partial charge < -0.3 is 10.3 Å². The van der Waals surface area contributed by atoms with Gasteiger partial charge >= 0.3 is 0 Å². The molecule has 0 bridgehead atoms. The van der Waals surface area contributed by atoms with Gasteiger partial charge in [-0.1, -0.05) is 5.16 Å². The number of anilines is 1. The summed E-state index contributed by atoms with van der Waals surface area (Å²) in [6.07, 6.45) is 2.19. The van der Waals surface area contributed by atoms with Gasteiger partial charge in [0.1, 0.15) is 11.5 Å². The molecule has 5 heteroatoms. The fraction of sp³-hybridized carbons (Fsp3) is 0. The van der Waals surface area contributed by atoms with Crippen molar-refractivity contribution in [3.63, 3.8) is 0 Å². The molecule has 0 aliphatic rings. The summed E-state index contributed by atoms with van der Waals surface area (Å²) in [5.41, 5.74) is 6.49. The average molecular weight is 189 g/mol. The van der Waals surface area contributed by atoms with Crippen LogP contribution in [0.2, 0.25) is 0 Å². The Kier molecular flexibility index (Phi) is 1.98. The van der Waals surface area contributed by atoms with E-state index in [-0.39, 0.29) is 5.69 Å². The third-order valence-electron chi connectivity index (χ3n) is 1.75. The number of pyridine rings is 1. The first kappa shape index (κ1) is 8.43. The van der Waals surface area contributed by atoms with E-state index in [9.17, 15) is 4.79 Å². The van der Waals surface area contributed by atoms with Gasteiger partial charge in [0.2, 0.25) is 0 Å². The van der Waals surface area contributed by atoms with Gasteiger partial charge in [0.15, 0.2) is 12.0 Å². The van der Waals surface area contributed by atoms with Gasteiger partial charge in [0.25, 0.3) is 0 Å². The van der Waals surface area contributed by atoms with E-state index in [1.54, 1.807) is 18.3 Å². The van der Waals surface area contributed by atoms with E-state index in [1.807, 2.05) is 0 Å². The molecule has 0 aromatic carbocycles. The van der Waals surface area contributed by atoms with Crippen molar-refractivity contribution in [1.82, 2.24) is 10.1 Å². The van der Waals surface area contributed by atoms with Gasteiger partial charge in [-0.15, -0.1) is 0 Å². The minimum atomic E-state index is 0.239. The third-order valence-corrected chi connectivity index (χ3v) is 1.75. The van der Waals surface area contributed by atoms with Crippen molar-refractivity contribution >= 4 is 12.1 Å². The Bertz CT molecular complexity index is 465. The summed E-state index contributed by atoms with van der Waals surface area (Å²) in [5, 5.41) is 3.53. The fourth-order valence-corrected chi connectivity index (χ4v) is 1.10. The van der Waals surface area contributed by atoms with E-state index in [1.165, 1.54) is 6.07 Å². The Morgan fingerprint density at radius 1 is 1.50 bits per heavy atom. The predicted molar refractivity (Wildman–Crippen MR) is 49.5 cm³/mol. The highest BCUT2D eigenvalue weighted by Gasteiger charge is 2.08. The van der Waals surface area contributed by atoms with E-state index in [2.05, 4.69) is 10.1 Å². The third kappa shape index (κ3) is 1.35. The van der Waals surface area contributed by atoms with E-state index in [0.29, 0.717) is 23.4 Å². The number of aldehydes is 1. The largest absolute Gasteiger partial charge is 0.383 e. The Hall–Kier alpha value is -2.17. The number of nitrogens with two attached hydrogens (primary N) is 1.